The van der Waals surface area contributed by atoms with Crippen molar-refractivity contribution in [1.82, 2.24) is 0 Å². The van der Waals surface area contributed by atoms with E-state index in [-0.39, 0.29) is 0 Å². The van der Waals surface area contributed by atoms with E-state index in [1.54, 1.807) is 0 Å². The topological polar surface area (TPSA) is 7.12 Å². The summed E-state index contributed by atoms with van der Waals surface area (Å²) in [7, 11) is 4.11. The molecule has 126 valence electrons. The zero-order valence-corrected chi connectivity index (χ0v) is 15.2. The van der Waals surface area contributed by atoms with Crippen LogP contribution in [0.1, 0.15) is 18.2 Å². The Labute approximate surface area is 150 Å². The summed E-state index contributed by atoms with van der Waals surface area (Å²) in [5.74, 6) is 0. The van der Waals surface area contributed by atoms with Crippen LogP contribution in [0, 0.1) is 0 Å². The molecule has 0 saturated heterocycles. The van der Waals surface area contributed by atoms with Gasteiger partial charge in [0.15, 0.2) is 0 Å². The first-order valence-electron chi connectivity index (χ1n) is 8.73. The Morgan fingerprint density at radius 1 is 0.840 bits per heavy atom. The number of para-hydroxylation sites is 1. The van der Waals surface area contributed by atoms with Crippen LogP contribution in [0.5, 0.6) is 0 Å². The van der Waals surface area contributed by atoms with Gasteiger partial charge in [-0.2, -0.15) is 4.57 Å². The van der Waals surface area contributed by atoms with Gasteiger partial charge < -0.3 is 4.90 Å². The number of fused-ring (bicyclic) bond motifs is 1. The molecule has 1 heterocycles. The number of benzene rings is 2. The Balaban J connectivity index is 1.79. The number of hydrogen-bond acceptors (Lipinski definition) is 1. The van der Waals surface area contributed by atoms with Crippen LogP contribution in [0.2, 0.25) is 0 Å². The Morgan fingerprint density at radius 3 is 2.28 bits per heavy atom. The van der Waals surface area contributed by atoms with Gasteiger partial charge in [0.1, 0.15) is 6.54 Å². The summed E-state index contributed by atoms with van der Waals surface area (Å²) in [6, 6.07) is 21.4. The van der Waals surface area contributed by atoms with Gasteiger partial charge >= 0.3 is 0 Å². The van der Waals surface area contributed by atoms with Gasteiger partial charge in [0, 0.05) is 43.4 Å². The Bertz CT molecular complexity index is 903. The van der Waals surface area contributed by atoms with Crippen LogP contribution < -0.4 is 9.47 Å². The van der Waals surface area contributed by atoms with Gasteiger partial charge in [-0.05, 0) is 36.8 Å². The lowest BCUT2D eigenvalue weighted by atomic mass is 10.1. The van der Waals surface area contributed by atoms with Crippen molar-refractivity contribution in [3.05, 3.63) is 84.1 Å². The van der Waals surface area contributed by atoms with Crippen molar-refractivity contribution in [3.8, 4) is 0 Å². The number of aromatic nitrogens is 1. The SMILES string of the molecule is CC[n+]1c(/C=C/C=C/c2ccc(N(C)C)cc2)ccc2ccccc21. The summed E-state index contributed by atoms with van der Waals surface area (Å²) in [4.78, 5) is 2.11. The number of aryl methyl sites for hydroxylation is 1. The number of pyridine rings is 1. The molecule has 2 heteroatoms. The van der Waals surface area contributed by atoms with Gasteiger partial charge in [0.25, 0.3) is 0 Å². The van der Waals surface area contributed by atoms with Gasteiger partial charge in [0.2, 0.25) is 11.2 Å². The quantitative estimate of drug-likeness (QED) is 0.475. The van der Waals surface area contributed by atoms with Gasteiger partial charge in [-0.25, -0.2) is 0 Å². The third kappa shape index (κ3) is 3.97. The molecule has 2 aromatic carbocycles. The van der Waals surface area contributed by atoms with E-state index >= 15 is 0 Å². The highest BCUT2D eigenvalue weighted by atomic mass is 15.1. The lowest BCUT2D eigenvalue weighted by molar-refractivity contribution is -0.669. The van der Waals surface area contributed by atoms with Crippen molar-refractivity contribution in [2.75, 3.05) is 19.0 Å². The molecule has 0 fully saturated rings. The van der Waals surface area contributed by atoms with Crippen molar-refractivity contribution in [1.29, 1.82) is 0 Å². The lowest BCUT2D eigenvalue weighted by Gasteiger charge is -2.11. The molecule has 0 atom stereocenters. The maximum atomic E-state index is 2.34. The van der Waals surface area contributed by atoms with Gasteiger partial charge in [0.05, 0.1) is 0 Å². The fourth-order valence-corrected chi connectivity index (χ4v) is 2.98. The second-order valence-electron chi connectivity index (χ2n) is 6.27. The van der Waals surface area contributed by atoms with Crippen LogP contribution in [0.3, 0.4) is 0 Å². The molecule has 0 saturated carbocycles. The molecule has 1 aromatic heterocycles. The molecule has 3 rings (SSSR count). The minimum Gasteiger partial charge on any atom is -0.378 e. The van der Waals surface area contributed by atoms with Crippen molar-refractivity contribution in [3.63, 3.8) is 0 Å². The number of nitrogens with zero attached hydrogens (tertiary/aromatic N) is 2. The smallest absolute Gasteiger partial charge is 0.212 e. The van der Waals surface area contributed by atoms with E-state index in [2.05, 4.69) is 115 Å². The second kappa shape index (κ2) is 7.80. The second-order valence-corrected chi connectivity index (χ2v) is 6.27. The van der Waals surface area contributed by atoms with Crippen molar-refractivity contribution in [2.45, 2.75) is 13.5 Å². The van der Waals surface area contributed by atoms with Crippen LogP contribution in [-0.2, 0) is 6.54 Å². The summed E-state index contributed by atoms with van der Waals surface area (Å²) in [6.45, 7) is 3.14. The molecule has 0 N–H and O–H groups in total. The van der Waals surface area contributed by atoms with Crippen LogP contribution in [-0.4, -0.2) is 14.1 Å². The van der Waals surface area contributed by atoms with Gasteiger partial charge in [-0.15, -0.1) is 0 Å². The number of rotatable bonds is 5. The highest BCUT2D eigenvalue weighted by Crippen LogP contribution is 2.14. The molecule has 0 spiro atoms. The molecule has 0 bridgehead atoms. The van der Waals surface area contributed by atoms with Crippen LogP contribution in [0.25, 0.3) is 23.1 Å². The molecule has 25 heavy (non-hydrogen) atoms. The Morgan fingerprint density at radius 2 is 1.56 bits per heavy atom. The highest BCUT2D eigenvalue weighted by molar-refractivity contribution is 5.76. The van der Waals surface area contributed by atoms with E-state index in [9.17, 15) is 0 Å². The maximum absolute atomic E-state index is 2.34. The third-order valence-corrected chi connectivity index (χ3v) is 4.37. The Hall–Kier alpha value is -2.87. The maximum Gasteiger partial charge on any atom is 0.212 e. The lowest BCUT2D eigenvalue weighted by Crippen LogP contribution is -2.36. The highest BCUT2D eigenvalue weighted by Gasteiger charge is 2.10. The molecular weight excluding hydrogens is 304 g/mol. The van der Waals surface area contributed by atoms with Crippen molar-refractivity contribution < 1.29 is 4.57 Å². The molecule has 0 aliphatic carbocycles. The standard InChI is InChI=1S/C23H25N2/c1-4-25-22(18-15-20-10-6-8-12-23(20)25)11-7-5-9-19-13-16-21(17-14-19)24(2)3/h5-18H,4H2,1-3H3/q+1. The largest absolute Gasteiger partial charge is 0.378 e. The normalized spacial score (nSPS) is 11.6. The predicted molar refractivity (Wildman–Crippen MR) is 109 cm³/mol. The summed E-state index contributed by atoms with van der Waals surface area (Å²) in [5, 5.41) is 1.28. The van der Waals surface area contributed by atoms with E-state index in [0.717, 1.165) is 6.54 Å². The zero-order chi connectivity index (χ0) is 17.6. The molecule has 0 unspecified atom stereocenters. The monoisotopic (exact) mass is 329 g/mol. The molecule has 3 aromatic rings. The van der Waals surface area contributed by atoms with Crippen molar-refractivity contribution >= 4 is 28.7 Å². The Kier molecular flexibility index (Phi) is 5.30. The number of allylic oxidation sites excluding steroid dienone is 2. The third-order valence-electron chi connectivity index (χ3n) is 4.37. The summed E-state index contributed by atoms with van der Waals surface area (Å²) in [5.41, 5.74) is 4.91. The van der Waals surface area contributed by atoms with Crippen LogP contribution in [0.4, 0.5) is 5.69 Å². The molecule has 0 amide bonds. The molecule has 0 radical (unpaired) electrons. The number of hydrogen-bond donors (Lipinski definition) is 0. The first-order valence-corrected chi connectivity index (χ1v) is 8.73. The molecule has 0 aliphatic rings. The first kappa shape index (κ1) is 17.0. The van der Waals surface area contributed by atoms with Gasteiger partial charge in [-0.1, -0.05) is 42.5 Å². The fraction of sp³-hybridized carbons (Fsp3) is 0.174. The van der Waals surface area contributed by atoms with Crippen molar-refractivity contribution in [2.24, 2.45) is 0 Å². The van der Waals surface area contributed by atoms with Crippen LogP contribution in [0.15, 0.2) is 72.8 Å². The van der Waals surface area contributed by atoms with Crippen LogP contribution >= 0.6 is 0 Å². The number of anilines is 1. The van der Waals surface area contributed by atoms with Gasteiger partial charge in [-0.3, -0.25) is 0 Å². The minimum absolute atomic E-state index is 0.955. The first-order chi connectivity index (χ1) is 12.2. The zero-order valence-electron chi connectivity index (χ0n) is 15.2. The van der Waals surface area contributed by atoms with E-state index in [4.69, 9.17) is 0 Å². The average Bonchev–Trinajstić information content (AvgIpc) is 2.65. The molecular formula is C23H25N2+. The predicted octanol–water partition coefficient (Wildman–Crippen LogP) is 4.94. The van der Waals surface area contributed by atoms with E-state index < -0.39 is 0 Å². The van der Waals surface area contributed by atoms with E-state index in [0.29, 0.717) is 0 Å². The summed E-state index contributed by atoms with van der Waals surface area (Å²) in [6.07, 6.45) is 8.50. The summed E-state index contributed by atoms with van der Waals surface area (Å²) >= 11 is 0. The fourth-order valence-electron chi connectivity index (χ4n) is 2.98. The minimum atomic E-state index is 0.955. The molecule has 0 aliphatic heterocycles. The molecule has 2 nitrogen and oxygen atoms in total. The van der Waals surface area contributed by atoms with E-state index in [1.165, 1.54) is 27.8 Å². The average molecular weight is 329 g/mol. The summed E-state index contributed by atoms with van der Waals surface area (Å²) < 4.78 is 2.34. The van der Waals surface area contributed by atoms with E-state index in [1.807, 2.05) is 0 Å².